The highest BCUT2D eigenvalue weighted by molar-refractivity contribution is 6.06. The average Bonchev–Trinajstić information content (AvgIpc) is 3.41. The first-order valence-corrected chi connectivity index (χ1v) is 10.9. The van der Waals surface area contributed by atoms with Gasteiger partial charge in [0.2, 0.25) is 0 Å². The number of hydrogen-bond acceptors (Lipinski definition) is 5. The van der Waals surface area contributed by atoms with E-state index in [-0.39, 0.29) is 23.8 Å². The molecule has 1 aromatic heterocycles. The van der Waals surface area contributed by atoms with Crippen LogP contribution in [0.5, 0.6) is 11.5 Å². The third-order valence-electron chi connectivity index (χ3n) is 5.48. The van der Waals surface area contributed by atoms with E-state index in [0.29, 0.717) is 16.9 Å². The topological polar surface area (TPSA) is 83.6 Å². The number of benzene rings is 3. The number of rotatable bonds is 9. The van der Waals surface area contributed by atoms with Gasteiger partial charge in [0.25, 0.3) is 0 Å². The second-order valence-corrected chi connectivity index (χ2v) is 7.92. The molecule has 0 fully saturated rings. The Balaban J connectivity index is 1.48. The summed E-state index contributed by atoms with van der Waals surface area (Å²) < 4.78 is 13.1. The van der Waals surface area contributed by atoms with Crippen molar-refractivity contribution >= 4 is 17.5 Å². The van der Waals surface area contributed by atoms with Crippen molar-refractivity contribution in [1.29, 1.82) is 0 Å². The van der Waals surface area contributed by atoms with Crippen molar-refractivity contribution in [3.05, 3.63) is 124 Å². The van der Waals surface area contributed by atoms with Gasteiger partial charge in [0.05, 0.1) is 12.0 Å². The molecule has 4 aromatic rings. The van der Waals surface area contributed by atoms with Crippen molar-refractivity contribution in [3.8, 4) is 17.2 Å². The monoisotopic (exact) mass is 468 g/mol. The summed E-state index contributed by atoms with van der Waals surface area (Å²) in [5.74, 6) is 0.652. The molecule has 0 aliphatic rings. The Morgan fingerprint density at radius 1 is 1.00 bits per heavy atom. The number of ketones is 1. The maximum Gasteiger partial charge on any atom is 0.311 e. The van der Waals surface area contributed by atoms with Crippen molar-refractivity contribution < 1.29 is 19.2 Å². The smallest absolute Gasteiger partial charge is 0.311 e. The van der Waals surface area contributed by atoms with Crippen LogP contribution < -0.4 is 9.47 Å². The number of ether oxygens (including phenoxy) is 2. The number of nitro benzene ring substituents is 1. The predicted molar refractivity (Wildman–Crippen MR) is 134 cm³/mol. The van der Waals surface area contributed by atoms with Gasteiger partial charge in [-0.25, -0.2) is 0 Å². The van der Waals surface area contributed by atoms with Gasteiger partial charge in [-0.2, -0.15) is 0 Å². The van der Waals surface area contributed by atoms with E-state index in [1.807, 2.05) is 53.4 Å². The SMILES string of the molecule is COc1ccc(/C=C/C(=O)c2ccc(-n3cccc3)cc2)cc1COc1ccc(C)cc1[N+](=O)[O-]. The summed E-state index contributed by atoms with van der Waals surface area (Å²) in [7, 11) is 1.55. The van der Waals surface area contributed by atoms with Gasteiger partial charge in [0.1, 0.15) is 12.4 Å². The largest absolute Gasteiger partial charge is 0.496 e. The van der Waals surface area contributed by atoms with Crippen LogP contribution in [0.15, 0.2) is 91.3 Å². The van der Waals surface area contributed by atoms with E-state index >= 15 is 0 Å². The van der Waals surface area contributed by atoms with Crippen molar-refractivity contribution in [2.75, 3.05) is 7.11 Å². The molecule has 0 radical (unpaired) electrons. The summed E-state index contributed by atoms with van der Waals surface area (Å²) >= 11 is 0. The third-order valence-corrected chi connectivity index (χ3v) is 5.48. The molecule has 0 saturated carbocycles. The van der Waals surface area contributed by atoms with Gasteiger partial charge in [-0.1, -0.05) is 18.2 Å². The summed E-state index contributed by atoms with van der Waals surface area (Å²) in [6.45, 7) is 1.86. The fourth-order valence-corrected chi connectivity index (χ4v) is 3.64. The predicted octanol–water partition coefficient (Wildman–Crippen LogP) is 6.18. The fourth-order valence-electron chi connectivity index (χ4n) is 3.64. The first-order valence-electron chi connectivity index (χ1n) is 10.9. The number of allylic oxidation sites excluding steroid dienone is 1. The molecule has 0 spiro atoms. The zero-order valence-corrected chi connectivity index (χ0v) is 19.4. The number of carbonyl (C=O) groups is 1. The number of aryl methyl sites for hydroxylation is 1. The van der Waals surface area contributed by atoms with Crippen LogP contribution in [-0.2, 0) is 6.61 Å². The van der Waals surface area contributed by atoms with Crippen molar-refractivity contribution in [2.45, 2.75) is 13.5 Å². The Bertz CT molecular complexity index is 1370. The molecule has 0 saturated heterocycles. The van der Waals surface area contributed by atoms with Gasteiger partial charge in [0, 0.05) is 35.3 Å². The van der Waals surface area contributed by atoms with Crippen LogP contribution in [0.25, 0.3) is 11.8 Å². The van der Waals surface area contributed by atoms with Crippen LogP contribution in [0.4, 0.5) is 5.69 Å². The highest BCUT2D eigenvalue weighted by atomic mass is 16.6. The lowest BCUT2D eigenvalue weighted by Crippen LogP contribution is -2.02. The lowest BCUT2D eigenvalue weighted by molar-refractivity contribution is -0.386. The number of aromatic nitrogens is 1. The molecule has 0 atom stereocenters. The zero-order valence-electron chi connectivity index (χ0n) is 19.4. The van der Waals surface area contributed by atoms with Crippen molar-refractivity contribution in [3.63, 3.8) is 0 Å². The Kier molecular flexibility index (Phi) is 7.07. The minimum atomic E-state index is -0.463. The Morgan fingerprint density at radius 3 is 2.40 bits per heavy atom. The maximum atomic E-state index is 12.7. The van der Waals surface area contributed by atoms with Crippen LogP contribution in [0.3, 0.4) is 0 Å². The highest BCUT2D eigenvalue weighted by Crippen LogP contribution is 2.30. The van der Waals surface area contributed by atoms with Crippen LogP contribution in [0.2, 0.25) is 0 Å². The number of carbonyl (C=O) groups excluding carboxylic acids is 1. The van der Waals surface area contributed by atoms with Gasteiger partial charge >= 0.3 is 5.69 Å². The molecule has 7 heteroatoms. The molecule has 1 heterocycles. The Hall–Kier alpha value is -4.65. The molecule has 4 rings (SSSR count). The van der Waals surface area contributed by atoms with E-state index in [0.717, 1.165) is 16.8 Å². The molecule has 0 unspecified atom stereocenters. The van der Waals surface area contributed by atoms with Gasteiger partial charge in [0.15, 0.2) is 11.5 Å². The molecule has 7 nitrogen and oxygen atoms in total. The molecule has 3 aromatic carbocycles. The van der Waals surface area contributed by atoms with Gasteiger partial charge in [-0.05, 0) is 78.7 Å². The van der Waals surface area contributed by atoms with Crippen LogP contribution in [-0.4, -0.2) is 22.4 Å². The minimum Gasteiger partial charge on any atom is -0.496 e. The van der Waals surface area contributed by atoms with E-state index in [4.69, 9.17) is 9.47 Å². The third kappa shape index (κ3) is 5.65. The van der Waals surface area contributed by atoms with Crippen LogP contribution in [0.1, 0.15) is 27.0 Å². The maximum absolute atomic E-state index is 12.7. The molecule has 35 heavy (non-hydrogen) atoms. The first-order chi connectivity index (χ1) is 16.9. The summed E-state index contributed by atoms with van der Waals surface area (Å²) in [4.78, 5) is 23.6. The molecule has 0 amide bonds. The van der Waals surface area contributed by atoms with E-state index in [1.54, 1.807) is 50.4 Å². The lowest BCUT2D eigenvalue weighted by atomic mass is 10.1. The normalized spacial score (nSPS) is 10.9. The standard InChI is InChI=1S/C28H24N2O5/c1-20-5-13-28(25(17-20)30(32)33)35-19-23-18-21(7-14-27(23)34-2)6-12-26(31)22-8-10-24(11-9-22)29-15-3-4-16-29/h3-18H,19H2,1-2H3/b12-6+. The first kappa shape index (κ1) is 23.5. The fraction of sp³-hybridized carbons (Fsp3) is 0.107. The van der Waals surface area contributed by atoms with Gasteiger partial charge in [-0.15, -0.1) is 0 Å². The van der Waals surface area contributed by atoms with Crippen molar-refractivity contribution in [1.82, 2.24) is 4.57 Å². The van der Waals surface area contributed by atoms with E-state index in [2.05, 4.69) is 0 Å². The van der Waals surface area contributed by atoms with Crippen LogP contribution in [0, 0.1) is 17.0 Å². The molecule has 0 bridgehead atoms. The van der Waals surface area contributed by atoms with Crippen molar-refractivity contribution in [2.24, 2.45) is 0 Å². The van der Waals surface area contributed by atoms with Gasteiger partial charge < -0.3 is 14.0 Å². The number of methoxy groups -OCH3 is 1. The number of nitro groups is 1. The summed E-state index contributed by atoms with van der Waals surface area (Å²) in [6, 6.07) is 21.5. The average molecular weight is 469 g/mol. The number of nitrogens with zero attached hydrogens (tertiary/aromatic N) is 2. The highest BCUT2D eigenvalue weighted by Gasteiger charge is 2.16. The van der Waals surface area contributed by atoms with E-state index < -0.39 is 4.92 Å². The van der Waals surface area contributed by atoms with Crippen LogP contribution >= 0.6 is 0 Å². The second-order valence-electron chi connectivity index (χ2n) is 7.92. The Morgan fingerprint density at radius 2 is 1.71 bits per heavy atom. The molecule has 0 aliphatic carbocycles. The summed E-state index contributed by atoms with van der Waals surface area (Å²) in [6.07, 6.45) is 7.12. The van der Waals surface area contributed by atoms with E-state index in [9.17, 15) is 14.9 Å². The number of hydrogen-bond donors (Lipinski definition) is 0. The zero-order chi connectivity index (χ0) is 24.8. The second kappa shape index (κ2) is 10.5. The lowest BCUT2D eigenvalue weighted by Gasteiger charge is -2.12. The molecule has 0 N–H and O–H groups in total. The molecule has 0 aliphatic heterocycles. The minimum absolute atomic E-state index is 0.0730. The molecule has 176 valence electrons. The summed E-state index contributed by atoms with van der Waals surface area (Å²) in [5, 5.41) is 11.4. The Labute approximate surface area is 203 Å². The summed E-state index contributed by atoms with van der Waals surface area (Å²) in [5.41, 5.74) is 3.73. The molecular weight excluding hydrogens is 444 g/mol. The quantitative estimate of drug-likeness (QED) is 0.127. The van der Waals surface area contributed by atoms with Gasteiger partial charge in [-0.3, -0.25) is 14.9 Å². The van der Waals surface area contributed by atoms with E-state index in [1.165, 1.54) is 12.1 Å². The molecular formula is C28H24N2O5.